The molecule has 0 bridgehead atoms. The Morgan fingerprint density at radius 1 is 1.25 bits per heavy atom. The molecule has 4 heteroatoms. The Labute approximate surface area is 118 Å². The van der Waals surface area contributed by atoms with Crippen LogP contribution in [-0.4, -0.2) is 10.9 Å². The number of aromatic nitrogens is 1. The SMILES string of the molecule is CC(C)C(=O)Nc1cccc(OCc2ccccn2)c1. The third-order valence-electron chi connectivity index (χ3n) is 2.74. The number of ether oxygens (including phenoxy) is 1. The predicted molar refractivity (Wildman–Crippen MR) is 78.5 cm³/mol. The Morgan fingerprint density at radius 2 is 2.10 bits per heavy atom. The van der Waals surface area contributed by atoms with Gasteiger partial charge in [0.2, 0.25) is 5.91 Å². The normalized spacial score (nSPS) is 10.3. The zero-order valence-corrected chi connectivity index (χ0v) is 11.7. The summed E-state index contributed by atoms with van der Waals surface area (Å²) in [7, 11) is 0. The van der Waals surface area contributed by atoms with E-state index >= 15 is 0 Å². The van der Waals surface area contributed by atoms with Gasteiger partial charge in [0, 0.05) is 23.9 Å². The lowest BCUT2D eigenvalue weighted by Gasteiger charge is -2.10. The van der Waals surface area contributed by atoms with Gasteiger partial charge in [0.25, 0.3) is 0 Å². The molecule has 2 aromatic rings. The summed E-state index contributed by atoms with van der Waals surface area (Å²) in [5, 5.41) is 2.85. The van der Waals surface area contributed by atoms with Gasteiger partial charge in [-0.25, -0.2) is 0 Å². The maximum absolute atomic E-state index is 11.6. The van der Waals surface area contributed by atoms with E-state index < -0.39 is 0 Å². The molecule has 0 saturated heterocycles. The Morgan fingerprint density at radius 3 is 2.80 bits per heavy atom. The van der Waals surface area contributed by atoms with Crippen molar-refractivity contribution in [3.63, 3.8) is 0 Å². The molecule has 20 heavy (non-hydrogen) atoms. The molecular weight excluding hydrogens is 252 g/mol. The number of amides is 1. The minimum absolute atomic E-state index is 0.00752. The highest BCUT2D eigenvalue weighted by Gasteiger charge is 2.07. The molecule has 4 nitrogen and oxygen atoms in total. The van der Waals surface area contributed by atoms with Crippen LogP contribution in [0.1, 0.15) is 19.5 Å². The first-order chi connectivity index (χ1) is 9.65. The van der Waals surface area contributed by atoms with Gasteiger partial charge in [-0.05, 0) is 24.3 Å². The first kappa shape index (κ1) is 14.1. The van der Waals surface area contributed by atoms with E-state index in [-0.39, 0.29) is 11.8 Å². The minimum Gasteiger partial charge on any atom is -0.487 e. The second kappa shape index (κ2) is 6.70. The molecule has 0 aliphatic rings. The number of anilines is 1. The molecule has 0 aliphatic carbocycles. The average molecular weight is 270 g/mol. The molecule has 1 amide bonds. The summed E-state index contributed by atoms with van der Waals surface area (Å²) in [6.45, 7) is 4.12. The quantitative estimate of drug-likeness (QED) is 0.907. The fraction of sp³-hybridized carbons (Fsp3) is 0.250. The van der Waals surface area contributed by atoms with Crippen LogP contribution in [0.3, 0.4) is 0 Å². The van der Waals surface area contributed by atoms with Gasteiger partial charge in [0.15, 0.2) is 0 Å². The summed E-state index contributed by atoms with van der Waals surface area (Å²) in [5.74, 6) is 0.650. The van der Waals surface area contributed by atoms with Gasteiger partial charge in [-0.2, -0.15) is 0 Å². The number of rotatable bonds is 5. The standard InChI is InChI=1S/C16H18N2O2/c1-12(2)16(19)18-13-7-5-8-15(10-13)20-11-14-6-3-4-9-17-14/h3-10,12H,11H2,1-2H3,(H,18,19). The van der Waals surface area contributed by atoms with Crippen LogP contribution in [0.15, 0.2) is 48.7 Å². The smallest absolute Gasteiger partial charge is 0.226 e. The second-order valence-electron chi connectivity index (χ2n) is 4.78. The van der Waals surface area contributed by atoms with Crippen molar-refractivity contribution in [2.75, 3.05) is 5.32 Å². The van der Waals surface area contributed by atoms with Crippen LogP contribution in [-0.2, 0) is 11.4 Å². The van der Waals surface area contributed by atoms with Crippen molar-refractivity contribution in [3.8, 4) is 5.75 Å². The van der Waals surface area contributed by atoms with E-state index in [1.807, 2.05) is 56.3 Å². The van der Waals surface area contributed by atoms with Crippen molar-refractivity contribution in [1.29, 1.82) is 0 Å². The number of nitrogens with one attached hydrogen (secondary N) is 1. The average Bonchev–Trinajstić information content (AvgIpc) is 2.46. The molecule has 2 rings (SSSR count). The van der Waals surface area contributed by atoms with Gasteiger partial charge < -0.3 is 10.1 Å². The van der Waals surface area contributed by atoms with E-state index in [0.29, 0.717) is 12.4 Å². The number of carbonyl (C=O) groups is 1. The zero-order valence-electron chi connectivity index (χ0n) is 11.7. The van der Waals surface area contributed by atoms with Crippen molar-refractivity contribution < 1.29 is 9.53 Å². The highest BCUT2D eigenvalue weighted by atomic mass is 16.5. The molecule has 1 N–H and O–H groups in total. The monoisotopic (exact) mass is 270 g/mol. The molecule has 0 unspecified atom stereocenters. The summed E-state index contributed by atoms with van der Waals surface area (Å²) in [6.07, 6.45) is 1.73. The fourth-order valence-corrected chi connectivity index (χ4v) is 1.59. The molecule has 0 spiro atoms. The maximum atomic E-state index is 11.6. The van der Waals surface area contributed by atoms with E-state index in [2.05, 4.69) is 10.3 Å². The first-order valence-electron chi connectivity index (χ1n) is 6.59. The van der Waals surface area contributed by atoms with Crippen LogP contribution in [0.25, 0.3) is 0 Å². The third-order valence-corrected chi connectivity index (χ3v) is 2.74. The second-order valence-corrected chi connectivity index (χ2v) is 4.78. The topological polar surface area (TPSA) is 51.2 Å². The Bertz CT molecular complexity index is 568. The van der Waals surface area contributed by atoms with Crippen LogP contribution in [0.2, 0.25) is 0 Å². The first-order valence-corrected chi connectivity index (χ1v) is 6.59. The fourth-order valence-electron chi connectivity index (χ4n) is 1.59. The van der Waals surface area contributed by atoms with E-state index in [1.165, 1.54) is 0 Å². The number of hydrogen-bond donors (Lipinski definition) is 1. The number of pyridine rings is 1. The van der Waals surface area contributed by atoms with E-state index in [0.717, 1.165) is 11.4 Å². The van der Waals surface area contributed by atoms with Gasteiger partial charge in [0.05, 0.1) is 5.69 Å². The highest BCUT2D eigenvalue weighted by molar-refractivity contribution is 5.92. The molecule has 0 fully saturated rings. The Balaban J connectivity index is 1.97. The number of carbonyl (C=O) groups excluding carboxylic acids is 1. The van der Waals surface area contributed by atoms with Crippen LogP contribution < -0.4 is 10.1 Å². The summed E-state index contributed by atoms with van der Waals surface area (Å²) < 4.78 is 5.66. The molecule has 1 heterocycles. The van der Waals surface area contributed by atoms with E-state index in [9.17, 15) is 4.79 Å². The van der Waals surface area contributed by atoms with Crippen molar-refractivity contribution in [2.45, 2.75) is 20.5 Å². The van der Waals surface area contributed by atoms with Crippen LogP contribution >= 0.6 is 0 Å². The summed E-state index contributed by atoms with van der Waals surface area (Å²) in [6, 6.07) is 13.1. The lowest BCUT2D eigenvalue weighted by atomic mass is 10.2. The van der Waals surface area contributed by atoms with Crippen LogP contribution in [0.4, 0.5) is 5.69 Å². The molecule has 0 saturated carbocycles. The van der Waals surface area contributed by atoms with Gasteiger partial charge in [-0.3, -0.25) is 9.78 Å². The molecule has 1 aromatic heterocycles. The molecule has 1 aromatic carbocycles. The van der Waals surface area contributed by atoms with Gasteiger partial charge in [-0.1, -0.05) is 26.0 Å². The Hall–Kier alpha value is -2.36. The highest BCUT2D eigenvalue weighted by Crippen LogP contribution is 2.18. The largest absolute Gasteiger partial charge is 0.487 e. The summed E-state index contributed by atoms with van der Waals surface area (Å²) in [4.78, 5) is 15.8. The molecule has 104 valence electrons. The van der Waals surface area contributed by atoms with Crippen molar-refractivity contribution in [1.82, 2.24) is 4.98 Å². The van der Waals surface area contributed by atoms with Gasteiger partial charge in [0.1, 0.15) is 12.4 Å². The molecule has 0 aliphatic heterocycles. The number of nitrogens with zero attached hydrogens (tertiary/aromatic N) is 1. The van der Waals surface area contributed by atoms with Crippen LogP contribution in [0.5, 0.6) is 5.75 Å². The molecule has 0 radical (unpaired) electrons. The lowest BCUT2D eigenvalue weighted by Crippen LogP contribution is -2.17. The summed E-state index contributed by atoms with van der Waals surface area (Å²) in [5.41, 5.74) is 1.60. The molecule has 0 atom stereocenters. The van der Waals surface area contributed by atoms with Gasteiger partial charge in [-0.15, -0.1) is 0 Å². The van der Waals surface area contributed by atoms with E-state index in [4.69, 9.17) is 4.74 Å². The number of hydrogen-bond acceptors (Lipinski definition) is 3. The number of benzene rings is 1. The van der Waals surface area contributed by atoms with Gasteiger partial charge >= 0.3 is 0 Å². The minimum atomic E-state index is -0.0481. The van der Waals surface area contributed by atoms with Crippen molar-refractivity contribution in [2.24, 2.45) is 5.92 Å². The van der Waals surface area contributed by atoms with Crippen molar-refractivity contribution in [3.05, 3.63) is 54.4 Å². The zero-order chi connectivity index (χ0) is 14.4. The predicted octanol–water partition coefficient (Wildman–Crippen LogP) is 3.26. The molecular formula is C16H18N2O2. The third kappa shape index (κ3) is 4.09. The van der Waals surface area contributed by atoms with Crippen LogP contribution in [0, 0.1) is 5.92 Å². The van der Waals surface area contributed by atoms with E-state index in [1.54, 1.807) is 6.20 Å². The van der Waals surface area contributed by atoms with Crippen molar-refractivity contribution >= 4 is 11.6 Å². The lowest BCUT2D eigenvalue weighted by molar-refractivity contribution is -0.118. The summed E-state index contributed by atoms with van der Waals surface area (Å²) >= 11 is 0. The maximum Gasteiger partial charge on any atom is 0.226 e. The Kier molecular flexibility index (Phi) is 4.71.